The number of nitrogens with one attached hydrogen (secondary N) is 1. The van der Waals surface area contributed by atoms with Crippen molar-refractivity contribution in [1.29, 1.82) is 0 Å². The van der Waals surface area contributed by atoms with Crippen LogP contribution in [-0.4, -0.2) is 90.9 Å². The molecule has 0 aliphatic carbocycles. The molecule has 0 unspecified atom stereocenters. The van der Waals surface area contributed by atoms with E-state index in [1.54, 1.807) is 29.2 Å². The Morgan fingerprint density at radius 3 is 2.49 bits per heavy atom. The van der Waals surface area contributed by atoms with Crippen molar-refractivity contribution in [1.82, 2.24) is 15.1 Å². The van der Waals surface area contributed by atoms with Gasteiger partial charge in [-0.1, -0.05) is 32.9 Å². The summed E-state index contributed by atoms with van der Waals surface area (Å²) in [6, 6.07) is 6.75. The van der Waals surface area contributed by atoms with E-state index in [0.29, 0.717) is 62.2 Å². The molecule has 2 amide bonds. The molecule has 2 fully saturated rings. The molecule has 1 aromatic carbocycles. The van der Waals surface area contributed by atoms with Gasteiger partial charge in [0.05, 0.1) is 24.6 Å². The number of nitrogens with zero attached hydrogens (tertiary/aromatic N) is 3. The van der Waals surface area contributed by atoms with E-state index >= 15 is 0 Å². The number of piperidine rings is 1. The second-order valence-corrected chi connectivity index (χ2v) is 10.7. The number of carbonyl (C=O) groups excluding carboxylic acids is 2. The van der Waals surface area contributed by atoms with Crippen LogP contribution in [0.4, 0.5) is 5.69 Å². The van der Waals surface area contributed by atoms with Crippen LogP contribution in [0.25, 0.3) is 0 Å². The number of aliphatic hydroxyl groups excluding tert-OH is 1. The Balaban J connectivity index is 0.000000568. The molecule has 39 heavy (non-hydrogen) atoms. The van der Waals surface area contributed by atoms with E-state index in [9.17, 15) is 19.8 Å². The number of unbranched alkanes of at least 4 members (excludes halogenated alkanes) is 1. The van der Waals surface area contributed by atoms with Crippen LogP contribution in [0.2, 0.25) is 0 Å². The number of ether oxygens (including phenoxy) is 1. The molecule has 1 aromatic rings. The lowest BCUT2D eigenvalue weighted by molar-refractivity contribution is -0.130. The Morgan fingerprint density at radius 1 is 1.23 bits per heavy atom. The summed E-state index contributed by atoms with van der Waals surface area (Å²) in [5.74, 6) is 6.89. The van der Waals surface area contributed by atoms with Gasteiger partial charge in [-0.05, 0) is 56.2 Å². The molecule has 0 aromatic heterocycles. The number of allylic oxidation sites excluding steroid dienone is 1. The zero-order valence-electron chi connectivity index (χ0n) is 23.7. The molecule has 2 aliphatic heterocycles. The monoisotopic (exact) mass is 548 g/mol. The molecule has 2 aliphatic rings. The molecule has 3 rings (SSSR count). The molecule has 0 bridgehead atoms. The fourth-order valence-electron chi connectivity index (χ4n) is 4.72. The van der Waals surface area contributed by atoms with Gasteiger partial charge in [-0.25, -0.2) is 5.84 Å². The molecule has 7 N–H and O–H groups in total. The smallest absolute Gasteiger partial charge is 0.271 e. The number of nitrogens with two attached hydrogens (primary N) is 2. The van der Waals surface area contributed by atoms with Crippen LogP contribution in [0, 0.1) is 11.8 Å². The van der Waals surface area contributed by atoms with Crippen LogP contribution < -0.4 is 21.9 Å². The lowest BCUT2D eigenvalue weighted by atomic mass is 9.95. The van der Waals surface area contributed by atoms with Crippen LogP contribution in [0.3, 0.4) is 0 Å². The zero-order chi connectivity index (χ0) is 28.8. The Bertz CT molecular complexity index is 921. The number of hydrazine groups is 1. The molecule has 0 spiro atoms. The number of phenols is 1. The first kappa shape index (κ1) is 32.4. The van der Waals surface area contributed by atoms with Gasteiger partial charge in [-0.2, -0.15) is 0 Å². The first-order chi connectivity index (χ1) is 18.7. The van der Waals surface area contributed by atoms with Gasteiger partial charge in [0.2, 0.25) is 6.41 Å². The molecule has 2 atom stereocenters. The van der Waals surface area contributed by atoms with Crippen LogP contribution in [0.15, 0.2) is 35.7 Å². The highest BCUT2D eigenvalue weighted by atomic mass is 16.5. The Kier molecular flexibility index (Phi) is 14.1. The summed E-state index contributed by atoms with van der Waals surface area (Å²) in [6.45, 7) is 11.6. The van der Waals surface area contributed by atoms with Gasteiger partial charge in [0.15, 0.2) is 0 Å². The number of hydrogen-bond acceptors (Lipinski definition) is 9. The molecule has 11 heteroatoms. The number of para-hydroxylation sites is 2. The summed E-state index contributed by atoms with van der Waals surface area (Å²) in [7, 11) is 0. The van der Waals surface area contributed by atoms with Crippen molar-refractivity contribution in [3.63, 3.8) is 0 Å². The second-order valence-electron chi connectivity index (χ2n) is 10.7. The van der Waals surface area contributed by atoms with E-state index in [0.717, 1.165) is 39.0 Å². The number of phenolic OH excluding ortho intramolecular Hbond substituents is 1. The third kappa shape index (κ3) is 10.3. The fraction of sp³-hybridized carbons (Fsp3) is 0.643. The van der Waals surface area contributed by atoms with Crippen LogP contribution in [-0.2, 0) is 14.3 Å². The number of rotatable bonds is 11. The molecular formula is C28H48N6O5. The lowest BCUT2D eigenvalue weighted by Crippen LogP contribution is -2.53. The average Bonchev–Trinajstić information content (AvgIpc) is 2.94. The van der Waals surface area contributed by atoms with Gasteiger partial charge < -0.3 is 35.8 Å². The molecular weight excluding hydrogens is 500 g/mol. The number of aromatic hydroxyl groups is 1. The van der Waals surface area contributed by atoms with Crippen molar-refractivity contribution in [3.05, 3.63) is 35.7 Å². The van der Waals surface area contributed by atoms with E-state index in [-0.39, 0.29) is 30.0 Å². The van der Waals surface area contributed by atoms with Gasteiger partial charge >= 0.3 is 0 Å². The first-order valence-electron chi connectivity index (χ1n) is 13.9. The van der Waals surface area contributed by atoms with Crippen LogP contribution >= 0.6 is 0 Å². The van der Waals surface area contributed by atoms with Gasteiger partial charge in [0, 0.05) is 38.8 Å². The molecule has 11 nitrogen and oxygen atoms in total. The van der Waals surface area contributed by atoms with Gasteiger partial charge in [0.25, 0.3) is 5.91 Å². The van der Waals surface area contributed by atoms with Gasteiger partial charge in [-0.15, -0.1) is 0 Å². The van der Waals surface area contributed by atoms with Gasteiger partial charge in [0.1, 0.15) is 11.4 Å². The quantitative estimate of drug-likeness (QED) is 0.0905. The summed E-state index contributed by atoms with van der Waals surface area (Å²) in [6.07, 6.45) is 3.39. The second kappa shape index (κ2) is 17.0. The lowest BCUT2D eigenvalue weighted by Gasteiger charge is -2.38. The van der Waals surface area contributed by atoms with Crippen molar-refractivity contribution in [2.45, 2.75) is 52.5 Å². The predicted octanol–water partition coefficient (Wildman–Crippen LogP) is 1.36. The summed E-state index contributed by atoms with van der Waals surface area (Å²) >= 11 is 0. The number of carbonyl (C=O) groups is 2. The highest BCUT2D eigenvalue weighted by Crippen LogP contribution is 2.30. The Morgan fingerprint density at radius 2 is 1.92 bits per heavy atom. The Hall–Kier alpha value is -2.86. The van der Waals surface area contributed by atoms with E-state index in [4.69, 9.17) is 16.3 Å². The third-order valence-corrected chi connectivity index (χ3v) is 6.80. The maximum Gasteiger partial charge on any atom is 0.271 e. The molecule has 2 saturated heterocycles. The predicted molar refractivity (Wildman–Crippen MR) is 152 cm³/mol. The Labute approximate surface area is 232 Å². The third-order valence-electron chi connectivity index (χ3n) is 6.80. The largest absolute Gasteiger partial charge is 0.506 e. The summed E-state index contributed by atoms with van der Waals surface area (Å²) in [5.41, 5.74) is 7.36. The van der Waals surface area contributed by atoms with E-state index in [2.05, 4.69) is 26.1 Å². The van der Waals surface area contributed by atoms with Crippen LogP contribution in [0.1, 0.15) is 46.5 Å². The topological polar surface area (TPSA) is 158 Å². The minimum Gasteiger partial charge on any atom is -0.506 e. The van der Waals surface area contributed by atoms with E-state index < -0.39 is 0 Å². The highest BCUT2D eigenvalue weighted by Gasteiger charge is 2.31. The minimum absolute atomic E-state index is 0.00856. The maximum absolute atomic E-state index is 13.6. The van der Waals surface area contributed by atoms with Crippen molar-refractivity contribution in [3.8, 4) is 5.75 Å². The van der Waals surface area contributed by atoms with Crippen molar-refractivity contribution in [2.24, 2.45) is 23.4 Å². The first-order valence-corrected chi connectivity index (χ1v) is 13.9. The standard InChI is InChI=1S/C23H39N5O3.C5H9NO2/c1-16(2)15-27(18-12-17(3)13-26-14-18)23(31)22(24)20(9-6-7-11-29)28(25)19-8-4-5-10-21(19)30;7-5-6-1-3-8-4-2-6/h4-5,8,10,16-18,26,29-30H,6-7,9,11-15,24-25H2,1-3H3;5H,1-4H2/b22-20-;/t17-,18+;/m1./s1. The summed E-state index contributed by atoms with van der Waals surface area (Å²) in [4.78, 5) is 27.2. The van der Waals surface area contributed by atoms with Crippen molar-refractivity contribution in [2.75, 3.05) is 57.6 Å². The SMILES string of the molecule is CC(C)CN(C(=O)/C(N)=C(\CCCCO)N(N)c1ccccc1O)[C@@H]1CNC[C@H](C)C1.O=CN1CCOCC1. The van der Waals surface area contributed by atoms with Crippen molar-refractivity contribution < 1.29 is 24.5 Å². The summed E-state index contributed by atoms with van der Waals surface area (Å²) in [5, 5.41) is 24.2. The number of hydrogen-bond donors (Lipinski definition) is 5. The van der Waals surface area contributed by atoms with Crippen LogP contribution in [0.5, 0.6) is 5.75 Å². The van der Waals surface area contributed by atoms with Crippen molar-refractivity contribution >= 4 is 18.0 Å². The molecule has 220 valence electrons. The number of anilines is 1. The number of amides is 2. The van der Waals surface area contributed by atoms with Gasteiger partial charge in [-0.3, -0.25) is 14.6 Å². The summed E-state index contributed by atoms with van der Waals surface area (Å²) < 4.78 is 5.00. The fourth-order valence-corrected chi connectivity index (χ4v) is 4.72. The normalized spacial score (nSPS) is 20.0. The van der Waals surface area contributed by atoms with E-state index in [1.807, 2.05) is 4.90 Å². The number of benzene rings is 1. The molecule has 0 saturated carbocycles. The molecule has 2 heterocycles. The average molecular weight is 549 g/mol. The maximum atomic E-state index is 13.6. The number of morpholine rings is 1. The zero-order valence-corrected chi connectivity index (χ0v) is 23.7. The number of aliphatic hydroxyl groups is 1. The highest BCUT2D eigenvalue weighted by molar-refractivity contribution is 5.94. The van der Waals surface area contributed by atoms with E-state index in [1.165, 1.54) is 5.01 Å². The molecule has 0 radical (unpaired) electrons. The minimum atomic E-state index is -0.237.